The highest BCUT2D eigenvalue weighted by Crippen LogP contribution is 2.23. The maximum absolute atomic E-state index is 12.2. The van der Waals surface area contributed by atoms with E-state index in [0.717, 1.165) is 36.5 Å². The lowest BCUT2D eigenvalue weighted by molar-refractivity contribution is -0.116. The smallest absolute Gasteiger partial charge is 0.273 e. The quantitative estimate of drug-likeness (QED) is 0.549. The number of hydrogen-bond acceptors (Lipinski definition) is 5. The second-order valence-corrected chi connectivity index (χ2v) is 5.96. The Balaban J connectivity index is 1.93. The average molecular weight is 338 g/mol. The van der Waals surface area contributed by atoms with Crippen molar-refractivity contribution in [2.75, 3.05) is 13.1 Å². The van der Waals surface area contributed by atoms with Gasteiger partial charge in [-0.15, -0.1) is 0 Å². The Morgan fingerprint density at radius 3 is 2.72 bits per heavy atom. The van der Waals surface area contributed by atoms with Crippen molar-refractivity contribution in [2.24, 2.45) is 5.10 Å². The van der Waals surface area contributed by atoms with Crippen molar-refractivity contribution in [3.63, 3.8) is 0 Å². The SMILES string of the molecule is CCNCCc1c(C)[nH]c(C=C2C(=O)NN=C2c2cncnc2)c1C. The second-order valence-electron chi connectivity index (χ2n) is 5.96. The minimum atomic E-state index is -0.222. The predicted octanol–water partition coefficient (Wildman–Crippen LogP) is 1.49. The van der Waals surface area contributed by atoms with Crippen LogP contribution in [0, 0.1) is 13.8 Å². The molecule has 1 aliphatic rings. The first-order valence-electron chi connectivity index (χ1n) is 8.36. The first-order valence-corrected chi connectivity index (χ1v) is 8.36. The van der Waals surface area contributed by atoms with Gasteiger partial charge in [0.1, 0.15) is 12.0 Å². The number of amides is 1. The summed E-state index contributed by atoms with van der Waals surface area (Å²) in [7, 11) is 0. The Kier molecular flexibility index (Phi) is 5.04. The van der Waals surface area contributed by atoms with Gasteiger partial charge in [0, 0.05) is 29.3 Å². The summed E-state index contributed by atoms with van der Waals surface area (Å²) < 4.78 is 0. The number of aromatic amines is 1. The Bertz CT molecular complexity index is 835. The van der Waals surface area contributed by atoms with Crippen LogP contribution in [0.25, 0.3) is 6.08 Å². The van der Waals surface area contributed by atoms with Crippen LogP contribution in [0.5, 0.6) is 0 Å². The van der Waals surface area contributed by atoms with Crippen molar-refractivity contribution in [1.82, 2.24) is 25.7 Å². The number of hydrogen-bond donors (Lipinski definition) is 3. The molecular weight excluding hydrogens is 316 g/mol. The highest BCUT2D eigenvalue weighted by molar-refractivity contribution is 6.33. The number of hydrazone groups is 1. The van der Waals surface area contributed by atoms with Gasteiger partial charge in [-0.2, -0.15) is 5.10 Å². The monoisotopic (exact) mass is 338 g/mol. The van der Waals surface area contributed by atoms with Gasteiger partial charge in [-0.05, 0) is 50.6 Å². The molecule has 7 heteroatoms. The molecule has 0 fully saturated rings. The fourth-order valence-corrected chi connectivity index (χ4v) is 2.98. The Morgan fingerprint density at radius 2 is 2.00 bits per heavy atom. The van der Waals surface area contributed by atoms with Gasteiger partial charge in [0.2, 0.25) is 0 Å². The van der Waals surface area contributed by atoms with E-state index in [0.29, 0.717) is 16.8 Å². The summed E-state index contributed by atoms with van der Waals surface area (Å²) in [6.07, 6.45) is 7.55. The summed E-state index contributed by atoms with van der Waals surface area (Å²) >= 11 is 0. The van der Waals surface area contributed by atoms with E-state index in [2.05, 4.69) is 51.6 Å². The molecule has 0 atom stereocenters. The molecule has 0 spiro atoms. The lowest BCUT2D eigenvalue weighted by Crippen LogP contribution is -2.16. The molecule has 0 radical (unpaired) electrons. The van der Waals surface area contributed by atoms with Crippen molar-refractivity contribution in [3.8, 4) is 0 Å². The number of carbonyl (C=O) groups excluding carboxylic acids is 1. The van der Waals surface area contributed by atoms with E-state index in [1.165, 1.54) is 11.9 Å². The Labute approximate surface area is 146 Å². The van der Waals surface area contributed by atoms with Gasteiger partial charge >= 0.3 is 0 Å². The zero-order valence-corrected chi connectivity index (χ0v) is 14.7. The number of aromatic nitrogens is 3. The summed E-state index contributed by atoms with van der Waals surface area (Å²) in [5.41, 5.74) is 8.81. The Hall–Kier alpha value is -2.80. The molecule has 130 valence electrons. The molecule has 7 nitrogen and oxygen atoms in total. The standard InChI is InChI=1S/C18H22N6O/c1-4-19-6-5-14-11(2)16(22-12(14)3)7-15-17(23-24-18(15)25)13-8-20-10-21-9-13/h7-10,19,22H,4-6H2,1-3H3,(H,24,25). The molecule has 2 aromatic heterocycles. The van der Waals surface area contributed by atoms with Crippen LogP contribution in [0.4, 0.5) is 0 Å². The minimum Gasteiger partial charge on any atom is -0.359 e. The molecule has 3 heterocycles. The van der Waals surface area contributed by atoms with Crippen molar-refractivity contribution < 1.29 is 4.79 Å². The third-order valence-electron chi connectivity index (χ3n) is 4.32. The van der Waals surface area contributed by atoms with E-state index < -0.39 is 0 Å². The van der Waals surface area contributed by atoms with E-state index in [9.17, 15) is 4.79 Å². The van der Waals surface area contributed by atoms with Crippen molar-refractivity contribution in [1.29, 1.82) is 0 Å². The molecule has 0 aromatic carbocycles. The van der Waals surface area contributed by atoms with Crippen LogP contribution in [0.1, 0.15) is 35.0 Å². The molecule has 1 aliphatic heterocycles. The van der Waals surface area contributed by atoms with Crippen LogP contribution in [0.2, 0.25) is 0 Å². The van der Waals surface area contributed by atoms with Gasteiger partial charge < -0.3 is 10.3 Å². The van der Waals surface area contributed by atoms with Crippen LogP contribution >= 0.6 is 0 Å². The van der Waals surface area contributed by atoms with Crippen molar-refractivity contribution in [3.05, 3.63) is 52.4 Å². The normalized spacial score (nSPS) is 15.6. The third kappa shape index (κ3) is 3.51. The van der Waals surface area contributed by atoms with Gasteiger partial charge in [0.25, 0.3) is 5.91 Å². The maximum Gasteiger partial charge on any atom is 0.273 e. The molecule has 25 heavy (non-hydrogen) atoms. The first-order chi connectivity index (χ1) is 12.1. The van der Waals surface area contributed by atoms with Crippen LogP contribution in [-0.2, 0) is 11.2 Å². The van der Waals surface area contributed by atoms with Crippen LogP contribution in [-0.4, -0.2) is 39.7 Å². The number of nitrogens with one attached hydrogen (secondary N) is 3. The second kappa shape index (κ2) is 7.40. The number of rotatable bonds is 6. The molecule has 0 bridgehead atoms. The molecule has 1 amide bonds. The van der Waals surface area contributed by atoms with Gasteiger partial charge in [0.15, 0.2) is 0 Å². The van der Waals surface area contributed by atoms with E-state index in [-0.39, 0.29) is 5.91 Å². The van der Waals surface area contributed by atoms with E-state index in [1.807, 2.05) is 6.08 Å². The van der Waals surface area contributed by atoms with E-state index in [4.69, 9.17) is 0 Å². The molecule has 0 saturated heterocycles. The van der Waals surface area contributed by atoms with E-state index >= 15 is 0 Å². The number of nitrogens with zero attached hydrogens (tertiary/aromatic N) is 3. The summed E-state index contributed by atoms with van der Waals surface area (Å²) in [5, 5.41) is 7.47. The minimum absolute atomic E-state index is 0.222. The predicted molar refractivity (Wildman–Crippen MR) is 97.2 cm³/mol. The highest BCUT2D eigenvalue weighted by atomic mass is 16.2. The van der Waals surface area contributed by atoms with Gasteiger partial charge in [0.05, 0.1) is 5.57 Å². The van der Waals surface area contributed by atoms with Crippen LogP contribution in [0.3, 0.4) is 0 Å². The van der Waals surface area contributed by atoms with Crippen LogP contribution < -0.4 is 10.7 Å². The van der Waals surface area contributed by atoms with Gasteiger partial charge in [-0.25, -0.2) is 15.4 Å². The Morgan fingerprint density at radius 1 is 1.24 bits per heavy atom. The maximum atomic E-state index is 12.2. The topological polar surface area (TPSA) is 95.1 Å². The molecular formula is C18H22N6O. The first kappa shape index (κ1) is 17.0. The van der Waals surface area contributed by atoms with E-state index in [1.54, 1.807) is 12.4 Å². The lowest BCUT2D eigenvalue weighted by Gasteiger charge is -2.03. The molecule has 2 aromatic rings. The van der Waals surface area contributed by atoms with Crippen molar-refractivity contribution >= 4 is 17.7 Å². The molecule has 0 saturated carbocycles. The molecule has 0 unspecified atom stereocenters. The number of aryl methyl sites for hydroxylation is 1. The average Bonchev–Trinajstić information content (AvgIpc) is 3.11. The summed E-state index contributed by atoms with van der Waals surface area (Å²) in [6, 6.07) is 0. The molecule has 3 rings (SSSR count). The van der Waals surface area contributed by atoms with Gasteiger partial charge in [-0.3, -0.25) is 4.79 Å². The fraction of sp³-hybridized carbons (Fsp3) is 0.333. The van der Waals surface area contributed by atoms with Gasteiger partial charge in [-0.1, -0.05) is 6.92 Å². The molecule has 0 aliphatic carbocycles. The van der Waals surface area contributed by atoms with Crippen LogP contribution in [0.15, 0.2) is 29.4 Å². The number of carbonyl (C=O) groups is 1. The zero-order valence-electron chi connectivity index (χ0n) is 14.7. The highest BCUT2D eigenvalue weighted by Gasteiger charge is 2.25. The largest absolute Gasteiger partial charge is 0.359 e. The summed E-state index contributed by atoms with van der Waals surface area (Å²) in [5.74, 6) is -0.222. The zero-order chi connectivity index (χ0) is 17.8. The number of likely N-dealkylation sites (N-methyl/N-ethyl adjacent to an activating group) is 1. The fourth-order valence-electron chi connectivity index (χ4n) is 2.98. The van der Waals surface area contributed by atoms with Crippen molar-refractivity contribution in [2.45, 2.75) is 27.2 Å². The molecule has 3 N–H and O–H groups in total. The number of H-pyrrole nitrogens is 1. The summed E-state index contributed by atoms with van der Waals surface area (Å²) in [4.78, 5) is 23.6. The summed E-state index contributed by atoms with van der Waals surface area (Å²) in [6.45, 7) is 8.12. The third-order valence-corrected chi connectivity index (χ3v) is 4.32. The lowest BCUT2D eigenvalue weighted by atomic mass is 10.0.